The Labute approximate surface area is 120 Å². The molecule has 0 radical (unpaired) electrons. The quantitative estimate of drug-likeness (QED) is 0.707. The van der Waals surface area contributed by atoms with Gasteiger partial charge in [-0.2, -0.15) is 0 Å². The second-order valence-corrected chi connectivity index (χ2v) is 5.83. The number of H-pyrrole nitrogens is 1. The molecule has 2 aliphatic heterocycles. The first-order valence-corrected chi connectivity index (χ1v) is 6.76. The van der Waals surface area contributed by atoms with Crippen LogP contribution in [0.3, 0.4) is 0 Å². The van der Waals surface area contributed by atoms with Crippen molar-refractivity contribution in [2.75, 3.05) is 6.61 Å². The lowest BCUT2D eigenvalue weighted by Gasteiger charge is -2.35. The van der Waals surface area contributed by atoms with E-state index in [1.165, 1.54) is 10.8 Å². The molecule has 3 heterocycles. The maximum absolute atomic E-state index is 11.9. The summed E-state index contributed by atoms with van der Waals surface area (Å²) in [6, 6.07) is 0. The van der Waals surface area contributed by atoms with E-state index in [9.17, 15) is 14.7 Å². The number of aromatic nitrogens is 2. The summed E-state index contributed by atoms with van der Waals surface area (Å²) in [6.45, 7) is 5.28. The van der Waals surface area contributed by atoms with E-state index in [-0.39, 0.29) is 12.7 Å². The summed E-state index contributed by atoms with van der Waals surface area (Å²) in [5.74, 6) is -0.805. The van der Waals surface area contributed by atoms with Crippen LogP contribution in [0.1, 0.15) is 25.6 Å². The number of nitrogens with one attached hydrogen (secondary N) is 1. The minimum Gasteiger partial charge on any atom is -0.386 e. The highest BCUT2D eigenvalue weighted by atomic mass is 16.8. The number of aliphatic hydroxyl groups excluding tert-OH is 1. The molecule has 116 valence electrons. The molecule has 3 rings (SSSR count). The fourth-order valence-electron chi connectivity index (χ4n) is 2.76. The summed E-state index contributed by atoms with van der Waals surface area (Å²) in [7, 11) is 0. The molecular formula is C13H18N2O6. The Morgan fingerprint density at radius 1 is 1.38 bits per heavy atom. The molecule has 2 saturated heterocycles. The molecule has 1 aromatic rings. The summed E-state index contributed by atoms with van der Waals surface area (Å²) in [4.78, 5) is 25.5. The predicted molar refractivity (Wildman–Crippen MR) is 70.9 cm³/mol. The second kappa shape index (κ2) is 4.77. The van der Waals surface area contributed by atoms with Crippen molar-refractivity contribution in [2.24, 2.45) is 0 Å². The van der Waals surface area contributed by atoms with E-state index < -0.39 is 35.5 Å². The minimum atomic E-state index is -1.08. The number of fused-ring (bicyclic) bond motifs is 1. The molecule has 0 amide bonds. The Balaban J connectivity index is 1.93. The van der Waals surface area contributed by atoms with Gasteiger partial charge in [-0.25, -0.2) is 4.79 Å². The average Bonchev–Trinajstić information content (AvgIpc) is 2.70. The van der Waals surface area contributed by atoms with Gasteiger partial charge in [0, 0.05) is 11.8 Å². The molecule has 0 bridgehead atoms. The zero-order valence-corrected chi connectivity index (χ0v) is 12.0. The van der Waals surface area contributed by atoms with Gasteiger partial charge in [-0.05, 0) is 20.8 Å². The largest absolute Gasteiger partial charge is 0.386 e. The van der Waals surface area contributed by atoms with Gasteiger partial charge in [-0.15, -0.1) is 0 Å². The number of ether oxygens (including phenoxy) is 3. The van der Waals surface area contributed by atoms with Crippen molar-refractivity contribution >= 4 is 0 Å². The summed E-state index contributed by atoms with van der Waals surface area (Å²) < 4.78 is 18.0. The van der Waals surface area contributed by atoms with Crippen LogP contribution >= 0.6 is 0 Å². The summed E-state index contributed by atoms with van der Waals surface area (Å²) in [5.41, 5.74) is -0.733. The molecule has 2 aliphatic rings. The van der Waals surface area contributed by atoms with Crippen molar-refractivity contribution in [3.63, 3.8) is 0 Å². The van der Waals surface area contributed by atoms with Crippen LogP contribution in [0.15, 0.2) is 15.8 Å². The van der Waals surface area contributed by atoms with Crippen molar-refractivity contribution in [1.82, 2.24) is 9.55 Å². The Hall–Kier alpha value is -1.48. The topological polar surface area (TPSA) is 103 Å². The molecule has 2 fully saturated rings. The SMILES string of the molecule is Cc1cn([C@H]2OC[C@H]3OC(C)(C)O[C@H]3[C@@H]2O)c(=O)[nH]c1=O. The smallest absolute Gasteiger partial charge is 0.330 e. The van der Waals surface area contributed by atoms with Crippen molar-refractivity contribution in [2.45, 2.75) is 51.1 Å². The first-order valence-electron chi connectivity index (χ1n) is 6.76. The van der Waals surface area contributed by atoms with Crippen molar-refractivity contribution in [3.05, 3.63) is 32.6 Å². The van der Waals surface area contributed by atoms with E-state index in [0.29, 0.717) is 5.56 Å². The molecular weight excluding hydrogens is 280 g/mol. The Morgan fingerprint density at radius 3 is 2.81 bits per heavy atom. The Bertz CT molecular complexity index is 663. The number of rotatable bonds is 1. The zero-order valence-electron chi connectivity index (χ0n) is 12.0. The van der Waals surface area contributed by atoms with Gasteiger partial charge >= 0.3 is 5.69 Å². The van der Waals surface area contributed by atoms with E-state index in [2.05, 4.69) is 4.98 Å². The van der Waals surface area contributed by atoms with Crippen molar-refractivity contribution in [1.29, 1.82) is 0 Å². The van der Waals surface area contributed by atoms with E-state index >= 15 is 0 Å². The van der Waals surface area contributed by atoms with Crippen LogP contribution in [-0.2, 0) is 14.2 Å². The maximum Gasteiger partial charge on any atom is 0.330 e. The van der Waals surface area contributed by atoms with E-state index in [4.69, 9.17) is 14.2 Å². The molecule has 0 unspecified atom stereocenters. The lowest BCUT2D eigenvalue weighted by molar-refractivity contribution is -0.183. The Kier molecular flexibility index (Phi) is 3.28. The highest BCUT2D eigenvalue weighted by Crippen LogP contribution is 2.36. The van der Waals surface area contributed by atoms with Crippen LogP contribution in [-0.4, -0.2) is 45.4 Å². The van der Waals surface area contributed by atoms with Crippen LogP contribution in [0, 0.1) is 6.92 Å². The molecule has 2 N–H and O–H groups in total. The minimum absolute atomic E-state index is 0.195. The van der Waals surface area contributed by atoms with Crippen LogP contribution in [0.4, 0.5) is 0 Å². The first kappa shape index (κ1) is 14.5. The van der Waals surface area contributed by atoms with E-state index in [1.54, 1.807) is 20.8 Å². The van der Waals surface area contributed by atoms with Gasteiger partial charge in [0.05, 0.1) is 6.61 Å². The van der Waals surface area contributed by atoms with Gasteiger partial charge in [-0.1, -0.05) is 0 Å². The lowest BCUT2D eigenvalue weighted by Crippen LogP contribution is -2.51. The molecule has 0 aromatic carbocycles. The molecule has 21 heavy (non-hydrogen) atoms. The zero-order chi connectivity index (χ0) is 15.4. The first-order chi connectivity index (χ1) is 9.78. The number of nitrogens with zero attached hydrogens (tertiary/aromatic N) is 1. The van der Waals surface area contributed by atoms with Gasteiger partial charge in [0.2, 0.25) is 0 Å². The van der Waals surface area contributed by atoms with Gasteiger partial charge in [-0.3, -0.25) is 14.3 Å². The van der Waals surface area contributed by atoms with Crippen molar-refractivity contribution in [3.8, 4) is 0 Å². The van der Waals surface area contributed by atoms with Crippen LogP contribution in [0.25, 0.3) is 0 Å². The molecule has 0 spiro atoms. The number of hydrogen-bond donors (Lipinski definition) is 2. The molecule has 8 heteroatoms. The fourth-order valence-corrected chi connectivity index (χ4v) is 2.76. The summed E-state index contributed by atoms with van der Waals surface area (Å²) >= 11 is 0. The van der Waals surface area contributed by atoms with Crippen LogP contribution in [0.5, 0.6) is 0 Å². The third-order valence-corrected chi connectivity index (χ3v) is 3.70. The van der Waals surface area contributed by atoms with E-state index in [1.807, 2.05) is 0 Å². The van der Waals surface area contributed by atoms with Gasteiger partial charge in [0.25, 0.3) is 5.56 Å². The summed E-state index contributed by atoms with van der Waals surface area (Å²) in [6.07, 6.45) is -1.60. The highest BCUT2D eigenvalue weighted by molar-refractivity contribution is 5.03. The third-order valence-electron chi connectivity index (χ3n) is 3.70. The Morgan fingerprint density at radius 2 is 2.10 bits per heavy atom. The number of hydrogen-bond acceptors (Lipinski definition) is 6. The van der Waals surface area contributed by atoms with Crippen LogP contribution in [0.2, 0.25) is 0 Å². The number of aromatic amines is 1. The monoisotopic (exact) mass is 298 g/mol. The lowest BCUT2D eigenvalue weighted by atomic mass is 10.0. The average molecular weight is 298 g/mol. The highest BCUT2D eigenvalue weighted by Gasteiger charge is 2.51. The maximum atomic E-state index is 11.9. The normalized spacial score (nSPS) is 34.7. The fraction of sp³-hybridized carbons (Fsp3) is 0.692. The van der Waals surface area contributed by atoms with Gasteiger partial charge in [0.15, 0.2) is 12.0 Å². The number of aliphatic hydroxyl groups is 1. The second-order valence-electron chi connectivity index (χ2n) is 5.83. The predicted octanol–water partition coefficient (Wildman–Crippen LogP) is -0.745. The molecule has 4 atom stereocenters. The third kappa shape index (κ3) is 2.44. The molecule has 0 aliphatic carbocycles. The van der Waals surface area contributed by atoms with Gasteiger partial charge in [0.1, 0.15) is 18.3 Å². The van der Waals surface area contributed by atoms with Gasteiger partial charge < -0.3 is 19.3 Å². The standard InChI is InChI=1S/C13H18N2O6/c1-6-4-15(12(18)14-10(6)17)11-8(16)9-7(5-19-11)20-13(2,3)21-9/h4,7-9,11,16H,5H2,1-3H3,(H,14,17,18)/t7-,8+,9-,11+/m1/s1. The van der Waals surface area contributed by atoms with E-state index in [0.717, 1.165) is 0 Å². The summed E-state index contributed by atoms with van der Waals surface area (Å²) in [5, 5.41) is 10.4. The molecule has 1 aromatic heterocycles. The molecule has 0 saturated carbocycles. The number of aryl methyl sites for hydroxylation is 1. The van der Waals surface area contributed by atoms with Crippen LogP contribution < -0.4 is 11.2 Å². The molecule has 8 nitrogen and oxygen atoms in total. The van der Waals surface area contributed by atoms with Crippen molar-refractivity contribution < 1.29 is 19.3 Å².